The number of rotatable bonds is 0. The summed E-state index contributed by atoms with van der Waals surface area (Å²) in [6.07, 6.45) is 0. The first-order valence-corrected chi connectivity index (χ1v) is 6.93. The largest absolute Gasteiger partial charge is 0.133 e. The molecule has 2 aromatic carbocycles. The summed E-state index contributed by atoms with van der Waals surface area (Å²) in [5.74, 6) is 0. The Balaban J connectivity index is 2.63. The van der Waals surface area contributed by atoms with Crippen molar-refractivity contribution in [1.29, 1.82) is 0 Å². The van der Waals surface area contributed by atoms with Crippen LogP contribution in [0.5, 0.6) is 0 Å². The van der Waals surface area contributed by atoms with Crippen LogP contribution in [0.15, 0.2) is 45.3 Å². The monoisotopic (exact) mass is 340 g/mol. The highest BCUT2D eigenvalue weighted by atomic mass is 79.9. The van der Waals surface area contributed by atoms with E-state index in [-0.39, 0.29) is 0 Å². The van der Waals surface area contributed by atoms with Gasteiger partial charge in [0.2, 0.25) is 0 Å². The summed E-state index contributed by atoms with van der Waals surface area (Å²) in [6, 6.07) is 12.7. The van der Waals surface area contributed by atoms with Crippen LogP contribution in [-0.4, -0.2) is 0 Å². The predicted molar refractivity (Wildman–Crippen MR) is 74.7 cm³/mol. The van der Waals surface area contributed by atoms with Crippen molar-refractivity contribution in [2.45, 2.75) is 0 Å². The minimum atomic E-state index is 1.17. The molecular formula is C12H6Br2S. The van der Waals surface area contributed by atoms with Gasteiger partial charge in [-0.3, -0.25) is 0 Å². The van der Waals surface area contributed by atoms with Crippen molar-refractivity contribution in [3.8, 4) is 0 Å². The Bertz CT molecular complexity index is 599. The van der Waals surface area contributed by atoms with E-state index in [4.69, 9.17) is 0 Å². The van der Waals surface area contributed by atoms with Crippen molar-refractivity contribution >= 4 is 63.4 Å². The third-order valence-electron chi connectivity index (χ3n) is 2.43. The van der Waals surface area contributed by atoms with Gasteiger partial charge in [-0.25, -0.2) is 0 Å². The number of fused-ring (bicyclic) bond motifs is 3. The van der Waals surface area contributed by atoms with E-state index in [2.05, 4.69) is 68.3 Å². The summed E-state index contributed by atoms with van der Waals surface area (Å²) in [5.41, 5.74) is 0. The zero-order valence-electron chi connectivity index (χ0n) is 7.63. The van der Waals surface area contributed by atoms with Crippen molar-refractivity contribution in [2.75, 3.05) is 0 Å². The quantitative estimate of drug-likeness (QED) is 0.500. The Labute approximate surface area is 108 Å². The Morgan fingerprint density at radius 3 is 1.67 bits per heavy atom. The Kier molecular flexibility index (Phi) is 2.34. The minimum absolute atomic E-state index is 1.17. The fourth-order valence-corrected chi connectivity index (χ4v) is 4.08. The molecule has 3 aromatic rings. The number of hydrogen-bond donors (Lipinski definition) is 0. The molecule has 74 valence electrons. The standard InChI is InChI=1S/C12H6Br2S/c13-9-5-1-3-7-8-4-2-6-10(14)12(8)15-11(7)9/h1-6H. The Morgan fingerprint density at radius 1 is 0.733 bits per heavy atom. The van der Waals surface area contributed by atoms with Gasteiger partial charge in [-0.2, -0.15) is 0 Å². The molecule has 0 bridgehead atoms. The van der Waals surface area contributed by atoms with Crippen molar-refractivity contribution in [1.82, 2.24) is 0 Å². The fourth-order valence-electron chi connectivity index (χ4n) is 1.75. The van der Waals surface area contributed by atoms with E-state index in [1.807, 2.05) is 11.3 Å². The number of halogens is 2. The molecule has 0 aliphatic carbocycles. The van der Waals surface area contributed by atoms with Crippen LogP contribution >= 0.6 is 43.2 Å². The molecule has 0 saturated carbocycles. The van der Waals surface area contributed by atoms with Crippen LogP contribution in [0.25, 0.3) is 20.2 Å². The minimum Gasteiger partial charge on any atom is -0.133 e. The molecule has 1 aromatic heterocycles. The van der Waals surface area contributed by atoms with Crippen LogP contribution in [0.3, 0.4) is 0 Å². The van der Waals surface area contributed by atoms with Gasteiger partial charge in [0.1, 0.15) is 0 Å². The second kappa shape index (κ2) is 3.58. The zero-order chi connectivity index (χ0) is 10.4. The van der Waals surface area contributed by atoms with Gasteiger partial charge in [-0.1, -0.05) is 24.3 Å². The lowest BCUT2D eigenvalue weighted by Gasteiger charge is -1.93. The van der Waals surface area contributed by atoms with Gasteiger partial charge in [0.15, 0.2) is 0 Å². The molecule has 0 aliphatic rings. The molecule has 0 N–H and O–H groups in total. The van der Waals surface area contributed by atoms with E-state index in [9.17, 15) is 0 Å². The summed E-state index contributed by atoms with van der Waals surface area (Å²) >= 11 is 9.01. The molecular weight excluding hydrogens is 336 g/mol. The van der Waals surface area contributed by atoms with Crippen LogP contribution in [0, 0.1) is 0 Å². The SMILES string of the molecule is Brc1cccc2c1sc1c(Br)cccc12. The summed E-state index contributed by atoms with van der Waals surface area (Å²) in [5, 5.41) is 2.65. The number of thiophene rings is 1. The smallest absolute Gasteiger partial charge is 0.0497 e. The molecule has 0 aliphatic heterocycles. The molecule has 15 heavy (non-hydrogen) atoms. The molecule has 1 heterocycles. The van der Waals surface area contributed by atoms with Crippen molar-refractivity contribution in [2.24, 2.45) is 0 Å². The topological polar surface area (TPSA) is 0 Å². The predicted octanol–water partition coefficient (Wildman–Crippen LogP) is 5.58. The highest BCUT2D eigenvalue weighted by Gasteiger charge is 2.08. The summed E-state index contributed by atoms with van der Waals surface area (Å²) in [6.45, 7) is 0. The van der Waals surface area contributed by atoms with E-state index in [1.54, 1.807) is 0 Å². The van der Waals surface area contributed by atoms with E-state index in [0.717, 1.165) is 0 Å². The van der Waals surface area contributed by atoms with Gasteiger partial charge < -0.3 is 0 Å². The maximum atomic E-state index is 3.59. The van der Waals surface area contributed by atoms with E-state index in [0.29, 0.717) is 0 Å². The Morgan fingerprint density at radius 2 is 1.20 bits per heavy atom. The first kappa shape index (κ1) is 9.82. The van der Waals surface area contributed by atoms with E-state index in [1.165, 1.54) is 29.1 Å². The molecule has 3 rings (SSSR count). The molecule has 0 fully saturated rings. The van der Waals surface area contributed by atoms with Crippen LogP contribution in [-0.2, 0) is 0 Å². The molecule has 0 atom stereocenters. The van der Waals surface area contributed by atoms with Gasteiger partial charge in [0.05, 0.1) is 0 Å². The van der Waals surface area contributed by atoms with Gasteiger partial charge in [0.25, 0.3) is 0 Å². The highest BCUT2D eigenvalue weighted by Crippen LogP contribution is 2.40. The fraction of sp³-hybridized carbons (Fsp3) is 0. The van der Waals surface area contributed by atoms with Gasteiger partial charge in [-0.15, -0.1) is 11.3 Å². The third kappa shape index (κ3) is 1.45. The van der Waals surface area contributed by atoms with Crippen molar-refractivity contribution < 1.29 is 0 Å². The first-order valence-electron chi connectivity index (χ1n) is 4.52. The summed E-state index contributed by atoms with van der Waals surface area (Å²) < 4.78 is 4.99. The maximum absolute atomic E-state index is 3.59. The van der Waals surface area contributed by atoms with Crippen molar-refractivity contribution in [3.63, 3.8) is 0 Å². The number of benzene rings is 2. The van der Waals surface area contributed by atoms with Crippen LogP contribution in [0.1, 0.15) is 0 Å². The summed E-state index contributed by atoms with van der Waals surface area (Å²) in [4.78, 5) is 0. The molecule has 0 amide bonds. The summed E-state index contributed by atoms with van der Waals surface area (Å²) in [7, 11) is 0. The van der Waals surface area contributed by atoms with Crippen LogP contribution in [0.4, 0.5) is 0 Å². The molecule has 0 unspecified atom stereocenters. The molecule has 0 saturated heterocycles. The molecule has 0 spiro atoms. The van der Waals surface area contributed by atoms with Gasteiger partial charge in [0, 0.05) is 29.1 Å². The third-order valence-corrected chi connectivity index (χ3v) is 5.56. The second-order valence-electron chi connectivity index (χ2n) is 3.34. The van der Waals surface area contributed by atoms with Crippen LogP contribution in [0.2, 0.25) is 0 Å². The maximum Gasteiger partial charge on any atom is 0.0497 e. The highest BCUT2D eigenvalue weighted by molar-refractivity contribution is 9.11. The second-order valence-corrected chi connectivity index (χ2v) is 6.06. The first-order chi connectivity index (χ1) is 7.27. The van der Waals surface area contributed by atoms with E-state index < -0.39 is 0 Å². The van der Waals surface area contributed by atoms with Crippen LogP contribution < -0.4 is 0 Å². The molecule has 0 nitrogen and oxygen atoms in total. The van der Waals surface area contributed by atoms with Gasteiger partial charge in [-0.05, 0) is 44.0 Å². The average molecular weight is 342 g/mol. The lowest BCUT2D eigenvalue weighted by atomic mass is 10.2. The Hall–Kier alpha value is -0.380. The molecule has 0 radical (unpaired) electrons. The lowest BCUT2D eigenvalue weighted by molar-refractivity contribution is 1.78. The normalized spacial score (nSPS) is 11.3. The van der Waals surface area contributed by atoms with Gasteiger partial charge >= 0.3 is 0 Å². The molecule has 3 heteroatoms. The van der Waals surface area contributed by atoms with Crippen molar-refractivity contribution in [3.05, 3.63) is 45.3 Å². The average Bonchev–Trinajstić information content (AvgIpc) is 2.60. The lowest BCUT2D eigenvalue weighted by Crippen LogP contribution is -1.67. The zero-order valence-corrected chi connectivity index (χ0v) is 11.6. The number of hydrogen-bond acceptors (Lipinski definition) is 1. The van der Waals surface area contributed by atoms with E-state index >= 15 is 0 Å².